The predicted octanol–water partition coefficient (Wildman–Crippen LogP) is -0.411. The van der Waals surface area contributed by atoms with E-state index in [1.165, 1.54) is 0 Å². The van der Waals surface area contributed by atoms with Crippen LogP contribution in [0.15, 0.2) is 0 Å². The van der Waals surface area contributed by atoms with Crippen molar-refractivity contribution in [1.29, 1.82) is 0 Å². The Kier molecular flexibility index (Phi) is 8.22. The van der Waals surface area contributed by atoms with Gasteiger partial charge in [-0.25, -0.2) is 4.79 Å². The second-order valence-corrected chi connectivity index (χ2v) is 3.42. The molecule has 84 valence electrons. The van der Waals surface area contributed by atoms with E-state index in [-0.39, 0.29) is 18.6 Å². The summed E-state index contributed by atoms with van der Waals surface area (Å²) in [6, 6.07) is 0. The molecule has 3 N–H and O–H groups in total. The van der Waals surface area contributed by atoms with E-state index in [0.29, 0.717) is 0 Å². The van der Waals surface area contributed by atoms with Crippen LogP contribution in [0.4, 0.5) is 0 Å². The van der Waals surface area contributed by atoms with Gasteiger partial charge in [-0.15, -0.1) is 0 Å². The number of Topliss-reactive ketones (excluding diaryl/α,β-unsaturated/α-hetero) is 1. The van der Waals surface area contributed by atoms with Crippen molar-refractivity contribution in [1.82, 2.24) is 0 Å². The summed E-state index contributed by atoms with van der Waals surface area (Å²) in [7, 11) is 0. The summed E-state index contributed by atoms with van der Waals surface area (Å²) in [5, 5.41) is 24.3. The maximum Gasteiger partial charge on any atom is 0.407 e. The highest BCUT2D eigenvalue weighted by molar-refractivity contribution is 6.32. The first-order valence-corrected chi connectivity index (χ1v) is 3.88. The fourth-order valence-corrected chi connectivity index (χ4v) is 0.114. The van der Waals surface area contributed by atoms with Gasteiger partial charge in [0.25, 0.3) is 0 Å². The molecule has 0 aliphatic heterocycles. The number of aliphatic hydroxyl groups is 2. The fraction of sp³-hybridized carbons (Fsp3) is 0.750. The number of aliphatic hydroxyl groups excluding tert-OH is 2. The summed E-state index contributed by atoms with van der Waals surface area (Å²) in [5.41, 5.74) is -0.306. The van der Waals surface area contributed by atoms with Crippen LogP contribution in [0, 0.1) is 5.41 Å². The van der Waals surface area contributed by atoms with Crippen LogP contribution >= 0.6 is 0 Å². The molecule has 0 aliphatic carbocycles. The highest BCUT2D eigenvalue weighted by Gasteiger charge is 2.13. The minimum absolute atomic E-state index is 0.0451. The summed E-state index contributed by atoms with van der Waals surface area (Å²) in [4.78, 5) is 22.5. The first-order chi connectivity index (χ1) is 6.30. The molecular weight excluding hydrogens is 192 g/mol. The van der Waals surface area contributed by atoms with Crippen LogP contribution < -0.4 is 0 Å². The number of carbonyl (C=O) groups excluding carboxylic acids is 2. The Labute approximate surface area is 82.0 Å². The van der Waals surface area contributed by atoms with E-state index in [1.807, 2.05) is 0 Å². The minimum atomic E-state index is -1.24. The van der Waals surface area contributed by atoms with Crippen LogP contribution in [0.5, 0.6) is 0 Å². The summed E-state index contributed by atoms with van der Waals surface area (Å²) in [5.74, 6) is -2.05. The Balaban J connectivity index is 0. The average Bonchev–Trinajstić information content (AvgIpc) is 2.17. The van der Waals surface area contributed by atoms with Crippen molar-refractivity contribution in [2.75, 3.05) is 13.2 Å². The van der Waals surface area contributed by atoms with Crippen LogP contribution in [0.2, 0.25) is 0 Å². The molecule has 0 radical (unpaired) electrons. The van der Waals surface area contributed by atoms with Crippen molar-refractivity contribution in [2.24, 2.45) is 5.41 Å². The molecule has 0 saturated heterocycles. The van der Waals surface area contributed by atoms with E-state index in [1.54, 1.807) is 13.8 Å². The third-order valence-electron chi connectivity index (χ3n) is 1.23. The van der Waals surface area contributed by atoms with E-state index >= 15 is 0 Å². The zero-order valence-electron chi connectivity index (χ0n) is 8.48. The lowest BCUT2D eigenvalue weighted by Crippen LogP contribution is -2.20. The SMILES string of the molecule is CC(=O)C(=O)OO.CC(C)(CO)CO. The van der Waals surface area contributed by atoms with Crippen molar-refractivity contribution < 1.29 is 29.9 Å². The molecule has 0 amide bonds. The van der Waals surface area contributed by atoms with Crippen LogP contribution in [-0.4, -0.2) is 40.4 Å². The average molecular weight is 208 g/mol. The Morgan fingerprint density at radius 2 is 1.57 bits per heavy atom. The van der Waals surface area contributed by atoms with Gasteiger partial charge >= 0.3 is 5.97 Å². The second kappa shape index (κ2) is 7.43. The van der Waals surface area contributed by atoms with Gasteiger partial charge in [-0.3, -0.25) is 9.68 Å². The molecule has 0 bridgehead atoms. The van der Waals surface area contributed by atoms with Gasteiger partial charge < -0.3 is 10.2 Å². The summed E-state index contributed by atoms with van der Waals surface area (Å²) < 4.78 is 0. The lowest BCUT2D eigenvalue weighted by molar-refractivity contribution is -0.231. The highest BCUT2D eigenvalue weighted by atomic mass is 17.1. The fourth-order valence-electron chi connectivity index (χ4n) is 0.114. The van der Waals surface area contributed by atoms with Crippen LogP contribution in [0.1, 0.15) is 20.8 Å². The standard InChI is InChI=1S/C5H12O2.C3H4O4/c1-5(2,3-6)4-7;1-2(4)3(5)7-6/h6-7H,3-4H2,1-2H3;6H,1H3. The van der Waals surface area contributed by atoms with Gasteiger partial charge in [0.1, 0.15) is 0 Å². The molecule has 0 atom stereocenters. The minimum Gasteiger partial charge on any atom is -0.396 e. The molecule has 0 rings (SSSR count). The Morgan fingerprint density at radius 1 is 1.21 bits per heavy atom. The molecule has 0 aromatic heterocycles. The lowest BCUT2D eigenvalue weighted by atomic mass is 9.97. The molecule has 0 aromatic carbocycles. The summed E-state index contributed by atoms with van der Waals surface area (Å²) >= 11 is 0. The zero-order chi connectivity index (χ0) is 11.8. The van der Waals surface area contributed by atoms with Gasteiger partial charge in [-0.2, -0.15) is 5.26 Å². The predicted molar refractivity (Wildman–Crippen MR) is 47.4 cm³/mol. The molecule has 0 aliphatic rings. The smallest absolute Gasteiger partial charge is 0.396 e. The first-order valence-electron chi connectivity index (χ1n) is 3.88. The topological polar surface area (TPSA) is 104 Å². The number of hydrogen-bond donors (Lipinski definition) is 3. The number of carbonyl (C=O) groups is 2. The number of hydrogen-bond acceptors (Lipinski definition) is 6. The molecular formula is C8H16O6. The molecule has 0 spiro atoms. The largest absolute Gasteiger partial charge is 0.407 e. The normalized spacial score (nSPS) is 9.86. The van der Waals surface area contributed by atoms with Crippen molar-refractivity contribution in [3.8, 4) is 0 Å². The Morgan fingerprint density at radius 3 is 1.57 bits per heavy atom. The van der Waals surface area contributed by atoms with Crippen LogP contribution in [-0.2, 0) is 14.5 Å². The molecule has 0 saturated carbocycles. The van der Waals surface area contributed by atoms with Crippen molar-refractivity contribution in [2.45, 2.75) is 20.8 Å². The maximum absolute atomic E-state index is 9.74. The van der Waals surface area contributed by atoms with Crippen LogP contribution in [0.25, 0.3) is 0 Å². The summed E-state index contributed by atoms with van der Waals surface area (Å²) in [6.45, 7) is 4.69. The Bertz CT molecular complexity index is 180. The van der Waals surface area contributed by atoms with E-state index in [0.717, 1.165) is 6.92 Å². The Hall–Kier alpha value is -0.980. The summed E-state index contributed by atoms with van der Waals surface area (Å²) in [6.07, 6.45) is 0. The zero-order valence-corrected chi connectivity index (χ0v) is 8.48. The molecule has 0 unspecified atom stereocenters. The van der Waals surface area contributed by atoms with Gasteiger partial charge in [0.15, 0.2) is 0 Å². The number of ketones is 1. The van der Waals surface area contributed by atoms with E-state index in [4.69, 9.17) is 15.5 Å². The van der Waals surface area contributed by atoms with Crippen molar-refractivity contribution in [3.63, 3.8) is 0 Å². The third kappa shape index (κ3) is 9.11. The molecule has 6 heteroatoms. The van der Waals surface area contributed by atoms with Crippen molar-refractivity contribution in [3.05, 3.63) is 0 Å². The monoisotopic (exact) mass is 208 g/mol. The number of rotatable bonds is 3. The molecule has 0 heterocycles. The molecule has 14 heavy (non-hydrogen) atoms. The maximum atomic E-state index is 9.74. The lowest BCUT2D eigenvalue weighted by Gasteiger charge is -2.16. The van der Waals surface area contributed by atoms with Gasteiger partial charge in [0.2, 0.25) is 5.78 Å². The first kappa shape index (κ1) is 15.5. The second-order valence-electron chi connectivity index (χ2n) is 3.42. The van der Waals surface area contributed by atoms with Gasteiger partial charge in [-0.05, 0) is 0 Å². The molecule has 0 aromatic rings. The van der Waals surface area contributed by atoms with Gasteiger partial charge in [0.05, 0.1) is 13.2 Å². The van der Waals surface area contributed by atoms with Crippen LogP contribution in [0.3, 0.4) is 0 Å². The highest BCUT2D eigenvalue weighted by Crippen LogP contribution is 2.10. The van der Waals surface area contributed by atoms with E-state index in [9.17, 15) is 9.59 Å². The van der Waals surface area contributed by atoms with E-state index in [2.05, 4.69) is 4.89 Å². The quantitative estimate of drug-likeness (QED) is 0.331. The van der Waals surface area contributed by atoms with Crippen molar-refractivity contribution >= 4 is 11.8 Å². The van der Waals surface area contributed by atoms with Gasteiger partial charge in [-0.1, -0.05) is 13.8 Å². The third-order valence-corrected chi connectivity index (χ3v) is 1.23. The molecule has 0 fully saturated rings. The molecule has 6 nitrogen and oxygen atoms in total. The van der Waals surface area contributed by atoms with E-state index < -0.39 is 11.8 Å². The van der Waals surface area contributed by atoms with Gasteiger partial charge in [0, 0.05) is 12.3 Å².